The molecule has 23 heavy (non-hydrogen) atoms. The number of likely N-dealkylation sites (tertiary alicyclic amines) is 1. The minimum Gasteiger partial charge on any atom is -0.466 e. The van der Waals surface area contributed by atoms with Gasteiger partial charge in [-0.25, -0.2) is 0 Å². The third kappa shape index (κ3) is 6.59. The van der Waals surface area contributed by atoms with Gasteiger partial charge in [-0.05, 0) is 38.4 Å². The maximum Gasteiger partial charge on any atom is 0.310 e. The quantitative estimate of drug-likeness (QED) is 0.809. The van der Waals surface area contributed by atoms with Crippen molar-refractivity contribution in [3.63, 3.8) is 0 Å². The Balaban J connectivity index is 0.00000264. The van der Waals surface area contributed by atoms with E-state index in [1.165, 1.54) is 0 Å². The van der Waals surface area contributed by atoms with Crippen LogP contribution in [0.3, 0.4) is 0 Å². The van der Waals surface area contributed by atoms with Crippen molar-refractivity contribution in [1.82, 2.24) is 4.90 Å². The van der Waals surface area contributed by atoms with Gasteiger partial charge in [0.2, 0.25) is 5.91 Å². The molecule has 1 aromatic rings. The molecule has 0 radical (unpaired) electrons. The van der Waals surface area contributed by atoms with E-state index in [1.54, 1.807) is 0 Å². The number of halogens is 1. The average molecular weight is 341 g/mol. The smallest absolute Gasteiger partial charge is 0.310 e. The second-order valence-corrected chi connectivity index (χ2v) is 5.56. The number of piperidine rings is 1. The summed E-state index contributed by atoms with van der Waals surface area (Å²) in [5, 5.41) is 2.88. The summed E-state index contributed by atoms with van der Waals surface area (Å²) >= 11 is 0. The molecule has 0 bridgehead atoms. The second kappa shape index (κ2) is 10.2. The van der Waals surface area contributed by atoms with Crippen molar-refractivity contribution < 1.29 is 14.3 Å². The predicted octanol–water partition coefficient (Wildman–Crippen LogP) is 2.71. The van der Waals surface area contributed by atoms with E-state index in [9.17, 15) is 9.59 Å². The summed E-state index contributed by atoms with van der Waals surface area (Å²) in [5.74, 6) is -0.156. The van der Waals surface area contributed by atoms with Crippen LogP contribution >= 0.6 is 12.4 Å². The molecule has 1 heterocycles. The van der Waals surface area contributed by atoms with Crippen LogP contribution in [-0.4, -0.2) is 43.0 Å². The number of hydrogen-bond acceptors (Lipinski definition) is 4. The van der Waals surface area contributed by atoms with Gasteiger partial charge in [0.05, 0.1) is 12.5 Å². The number of carbonyl (C=O) groups excluding carboxylic acids is 2. The van der Waals surface area contributed by atoms with Crippen molar-refractivity contribution >= 4 is 30.0 Å². The number of anilines is 1. The van der Waals surface area contributed by atoms with Crippen LogP contribution in [0.15, 0.2) is 30.3 Å². The van der Waals surface area contributed by atoms with Gasteiger partial charge in [0, 0.05) is 25.2 Å². The summed E-state index contributed by atoms with van der Waals surface area (Å²) < 4.78 is 5.09. The van der Waals surface area contributed by atoms with Gasteiger partial charge in [0.1, 0.15) is 0 Å². The lowest BCUT2D eigenvalue weighted by Crippen LogP contribution is -2.40. The molecular formula is C17H25ClN2O3. The first-order chi connectivity index (χ1) is 10.7. The molecule has 1 aromatic carbocycles. The van der Waals surface area contributed by atoms with Crippen molar-refractivity contribution in [3.8, 4) is 0 Å². The number of para-hydroxylation sites is 1. The highest BCUT2D eigenvalue weighted by Crippen LogP contribution is 2.18. The third-order valence-electron chi connectivity index (χ3n) is 3.84. The van der Waals surface area contributed by atoms with Crippen molar-refractivity contribution in [2.45, 2.75) is 26.2 Å². The van der Waals surface area contributed by atoms with E-state index >= 15 is 0 Å². The number of nitrogens with one attached hydrogen (secondary N) is 1. The summed E-state index contributed by atoms with van der Waals surface area (Å²) in [5.41, 5.74) is 0.815. The number of hydrogen-bond donors (Lipinski definition) is 1. The van der Waals surface area contributed by atoms with Crippen molar-refractivity contribution in [2.24, 2.45) is 5.92 Å². The fourth-order valence-corrected chi connectivity index (χ4v) is 2.72. The lowest BCUT2D eigenvalue weighted by atomic mass is 9.98. The average Bonchev–Trinajstić information content (AvgIpc) is 2.54. The van der Waals surface area contributed by atoms with Gasteiger partial charge in [-0.2, -0.15) is 0 Å². The highest BCUT2D eigenvalue weighted by Gasteiger charge is 2.26. The topological polar surface area (TPSA) is 58.6 Å². The number of benzene rings is 1. The van der Waals surface area contributed by atoms with Gasteiger partial charge in [-0.15, -0.1) is 12.4 Å². The summed E-state index contributed by atoms with van der Waals surface area (Å²) in [4.78, 5) is 25.9. The predicted molar refractivity (Wildman–Crippen MR) is 92.7 cm³/mol. The molecule has 0 saturated carbocycles. The molecule has 0 aromatic heterocycles. The molecule has 0 aliphatic carbocycles. The molecule has 6 heteroatoms. The molecule has 1 aliphatic rings. The van der Waals surface area contributed by atoms with Gasteiger partial charge in [-0.1, -0.05) is 18.2 Å². The monoisotopic (exact) mass is 340 g/mol. The number of rotatable bonds is 6. The molecule has 1 atom stereocenters. The zero-order chi connectivity index (χ0) is 15.8. The highest BCUT2D eigenvalue weighted by molar-refractivity contribution is 5.90. The van der Waals surface area contributed by atoms with E-state index in [0.717, 1.165) is 25.1 Å². The fourth-order valence-electron chi connectivity index (χ4n) is 2.72. The normalized spacial score (nSPS) is 17.9. The summed E-state index contributed by atoms with van der Waals surface area (Å²) in [6.45, 7) is 4.56. The third-order valence-corrected chi connectivity index (χ3v) is 3.84. The Kier molecular flexibility index (Phi) is 8.66. The van der Waals surface area contributed by atoms with Gasteiger partial charge in [0.15, 0.2) is 0 Å². The molecule has 1 amide bonds. The molecular weight excluding hydrogens is 316 g/mol. The van der Waals surface area contributed by atoms with Crippen molar-refractivity contribution in [3.05, 3.63) is 30.3 Å². The van der Waals surface area contributed by atoms with E-state index in [4.69, 9.17) is 4.74 Å². The highest BCUT2D eigenvalue weighted by atomic mass is 35.5. The zero-order valence-corrected chi connectivity index (χ0v) is 14.3. The van der Waals surface area contributed by atoms with E-state index in [2.05, 4.69) is 10.2 Å². The SMILES string of the molecule is CCOC(=O)C1CCCN(CCC(=O)Nc2ccccc2)C1.Cl. The summed E-state index contributed by atoms with van der Waals surface area (Å²) in [6.07, 6.45) is 2.29. The first kappa shape index (κ1) is 19.5. The van der Waals surface area contributed by atoms with Gasteiger partial charge >= 0.3 is 5.97 Å². The van der Waals surface area contributed by atoms with E-state index in [-0.39, 0.29) is 30.2 Å². The van der Waals surface area contributed by atoms with Crippen LogP contribution in [0.2, 0.25) is 0 Å². The molecule has 5 nitrogen and oxygen atoms in total. The van der Waals surface area contributed by atoms with Gasteiger partial charge in [0.25, 0.3) is 0 Å². The van der Waals surface area contributed by atoms with Crippen LogP contribution in [0, 0.1) is 5.92 Å². The number of ether oxygens (including phenoxy) is 1. The Hall–Kier alpha value is -1.59. The minimum absolute atomic E-state index is 0. The maximum absolute atomic E-state index is 11.9. The first-order valence-electron chi connectivity index (χ1n) is 7.93. The Labute approximate surface area is 143 Å². The zero-order valence-electron chi connectivity index (χ0n) is 13.5. The second-order valence-electron chi connectivity index (χ2n) is 5.56. The molecule has 0 spiro atoms. The van der Waals surface area contributed by atoms with Crippen LogP contribution < -0.4 is 5.32 Å². The summed E-state index contributed by atoms with van der Waals surface area (Å²) in [7, 11) is 0. The van der Waals surface area contributed by atoms with E-state index in [0.29, 0.717) is 26.1 Å². The Bertz CT molecular complexity index is 496. The molecule has 1 aliphatic heterocycles. The van der Waals surface area contributed by atoms with Crippen LogP contribution in [0.1, 0.15) is 26.2 Å². The van der Waals surface area contributed by atoms with Gasteiger partial charge in [-0.3, -0.25) is 9.59 Å². The van der Waals surface area contributed by atoms with Crippen molar-refractivity contribution in [2.75, 3.05) is 31.6 Å². The molecule has 1 N–H and O–H groups in total. The van der Waals surface area contributed by atoms with Gasteiger partial charge < -0.3 is 15.0 Å². The molecule has 128 valence electrons. The molecule has 1 fully saturated rings. The fraction of sp³-hybridized carbons (Fsp3) is 0.529. The standard InChI is InChI=1S/C17H24N2O3.ClH/c1-2-22-17(21)14-7-6-11-19(13-14)12-10-16(20)18-15-8-4-3-5-9-15;/h3-5,8-9,14H,2,6-7,10-13H2,1H3,(H,18,20);1H. The number of amides is 1. The Morgan fingerprint density at radius 2 is 2.04 bits per heavy atom. The van der Waals surface area contributed by atoms with Crippen molar-refractivity contribution in [1.29, 1.82) is 0 Å². The van der Waals surface area contributed by atoms with Crippen LogP contribution in [0.4, 0.5) is 5.69 Å². The number of nitrogens with zero attached hydrogens (tertiary/aromatic N) is 1. The molecule has 2 rings (SSSR count). The lowest BCUT2D eigenvalue weighted by molar-refractivity contribution is -0.149. The molecule has 1 saturated heterocycles. The number of carbonyl (C=O) groups is 2. The van der Waals surface area contributed by atoms with E-state index in [1.807, 2.05) is 37.3 Å². The Morgan fingerprint density at radius 1 is 1.30 bits per heavy atom. The Morgan fingerprint density at radius 3 is 2.74 bits per heavy atom. The minimum atomic E-state index is -0.110. The van der Waals surface area contributed by atoms with E-state index < -0.39 is 0 Å². The van der Waals surface area contributed by atoms with Crippen LogP contribution in [0.5, 0.6) is 0 Å². The van der Waals surface area contributed by atoms with Crippen LogP contribution in [-0.2, 0) is 14.3 Å². The largest absolute Gasteiger partial charge is 0.466 e. The van der Waals surface area contributed by atoms with Crippen LogP contribution in [0.25, 0.3) is 0 Å². The number of esters is 1. The lowest BCUT2D eigenvalue weighted by Gasteiger charge is -2.31. The first-order valence-corrected chi connectivity index (χ1v) is 7.93. The molecule has 1 unspecified atom stereocenters. The maximum atomic E-state index is 11.9. The summed E-state index contributed by atoms with van der Waals surface area (Å²) in [6, 6.07) is 9.44.